The standard InChI is InChI=1S/C19H36N4O6S/c1-6-11(4)15(18(27)21-12(19(28)29)7-8-30-5)23-16(25)13(9-24)22-17(26)14(20)10(2)3/h10-15,24H,6-9,20H2,1-5H3,(H,21,27)(H,22,26)(H,23,25)(H,28,29). The zero-order valence-electron chi connectivity index (χ0n) is 18.3. The van der Waals surface area contributed by atoms with Gasteiger partial charge < -0.3 is 31.9 Å². The molecule has 7 N–H and O–H groups in total. The van der Waals surface area contributed by atoms with Gasteiger partial charge in [-0.1, -0.05) is 34.1 Å². The minimum Gasteiger partial charge on any atom is -0.480 e. The maximum atomic E-state index is 12.7. The Labute approximate surface area is 182 Å². The van der Waals surface area contributed by atoms with Crippen molar-refractivity contribution in [1.29, 1.82) is 0 Å². The number of carboxylic acids is 1. The summed E-state index contributed by atoms with van der Waals surface area (Å²) in [7, 11) is 0. The average molecular weight is 449 g/mol. The van der Waals surface area contributed by atoms with Crippen molar-refractivity contribution < 1.29 is 29.4 Å². The molecule has 0 aromatic rings. The molecule has 0 aliphatic carbocycles. The number of hydrogen-bond acceptors (Lipinski definition) is 7. The van der Waals surface area contributed by atoms with Crippen LogP contribution < -0.4 is 21.7 Å². The SMILES string of the molecule is CCC(C)C(NC(=O)C(CO)NC(=O)C(N)C(C)C)C(=O)NC(CCSC)C(=O)O. The summed E-state index contributed by atoms with van der Waals surface area (Å²) in [6, 6.07) is -4.24. The molecule has 0 fully saturated rings. The number of nitrogens with two attached hydrogens (primary N) is 1. The van der Waals surface area contributed by atoms with E-state index in [1.165, 1.54) is 11.8 Å². The minimum absolute atomic E-state index is 0.166. The van der Waals surface area contributed by atoms with Gasteiger partial charge in [0.05, 0.1) is 12.6 Å². The molecular formula is C19H36N4O6S. The Hall–Kier alpha value is -1.85. The number of rotatable bonds is 14. The van der Waals surface area contributed by atoms with Crippen LogP contribution in [0.4, 0.5) is 0 Å². The summed E-state index contributed by atoms with van der Waals surface area (Å²) >= 11 is 1.46. The molecule has 0 saturated heterocycles. The van der Waals surface area contributed by atoms with E-state index >= 15 is 0 Å². The molecule has 11 heteroatoms. The summed E-state index contributed by atoms with van der Waals surface area (Å²) in [6.45, 7) is 6.38. The fourth-order valence-electron chi connectivity index (χ4n) is 2.48. The topological polar surface area (TPSA) is 171 Å². The van der Waals surface area contributed by atoms with Crippen LogP contribution in [-0.4, -0.2) is 76.7 Å². The number of hydrogen-bond donors (Lipinski definition) is 6. The van der Waals surface area contributed by atoms with E-state index in [9.17, 15) is 29.4 Å². The molecule has 0 aromatic heterocycles. The van der Waals surface area contributed by atoms with E-state index in [0.717, 1.165) is 0 Å². The number of carbonyl (C=O) groups is 4. The maximum Gasteiger partial charge on any atom is 0.326 e. The van der Waals surface area contributed by atoms with Crippen molar-refractivity contribution in [1.82, 2.24) is 16.0 Å². The highest BCUT2D eigenvalue weighted by Crippen LogP contribution is 2.10. The molecule has 0 bridgehead atoms. The van der Waals surface area contributed by atoms with Crippen LogP contribution >= 0.6 is 11.8 Å². The Morgan fingerprint density at radius 1 is 0.967 bits per heavy atom. The number of carboxylic acid groups (broad SMARTS) is 1. The van der Waals surface area contributed by atoms with Gasteiger partial charge in [0.25, 0.3) is 0 Å². The van der Waals surface area contributed by atoms with Crippen LogP contribution in [0.15, 0.2) is 0 Å². The minimum atomic E-state index is -1.28. The largest absolute Gasteiger partial charge is 0.480 e. The third kappa shape index (κ3) is 9.31. The number of aliphatic hydroxyl groups excluding tert-OH is 1. The summed E-state index contributed by atoms with van der Waals surface area (Å²) in [5.74, 6) is -3.06. The van der Waals surface area contributed by atoms with E-state index < -0.39 is 54.5 Å². The first-order valence-electron chi connectivity index (χ1n) is 9.99. The molecule has 3 amide bonds. The lowest BCUT2D eigenvalue weighted by molar-refractivity contribution is -0.142. The molecule has 0 aromatic carbocycles. The lowest BCUT2D eigenvalue weighted by Crippen LogP contribution is -2.59. The van der Waals surface area contributed by atoms with E-state index in [1.54, 1.807) is 20.8 Å². The smallest absolute Gasteiger partial charge is 0.326 e. The molecule has 0 radical (unpaired) electrons. The second kappa shape index (κ2) is 14.2. The van der Waals surface area contributed by atoms with Crippen LogP contribution in [0.3, 0.4) is 0 Å². The van der Waals surface area contributed by atoms with Crippen molar-refractivity contribution in [3.63, 3.8) is 0 Å². The van der Waals surface area contributed by atoms with Crippen molar-refractivity contribution >= 4 is 35.5 Å². The van der Waals surface area contributed by atoms with Gasteiger partial charge in [-0.05, 0) is 30.3 Å². The van der Waals surface area contributed by atoms with Gasteiger partial charge >= 0.3 is 5.97 Å². The number of aliphatic hydroxyl groups is 1. The number of aliphatic carboxylic acids is 1. The molecule has 0 spiro atoms. The van der Waals surface area contributed by atoms with Crippen LogP contribution in [0.1, 0.15) is 40.5 Å². The van der Waals surface area contributed by atoms with Crippen molar-refractivity contribution in [3.05, 3.63) is 0 Å². The summed E-state index contributed by atoms with van der Waals surface area (Å²) < 4.78 is 0. The monoisotopic (exact) mass is 448 g/mol. The first kappa shape index (κ1) is 28.1. The van der Waals surface area contributed by atoms with Gasteiger partial charge in [0, 0.05) is 0 Å². The van der Waals surface area contributed by atoms with Gasteiger partial charge in [-0.25, -0.2) is 4.79 Å². The van der Waals surface area contributed by atoms with E-state index in [0.29, 0.717) is 12.2 Å². The molecule has 0 heterocycles. The predicted octanol–water partition coefficient (Wildman–Crippen LogP) is -0.700. The fourth-order valence-corrected chi connectivity index (χ4v) is 2.95. The van der Waals surface area contributed by atoms with Crippen molar-refractivity contribution in [3.8, 4) is 0 Å². The summed E-state index contributed by atoms with van der Waals surface area (Å²) in [5.41, 5.74) is 5.76. The molecule has 174 valence electrons. The van der Waals surface area contributed by atoms with Gasteiger partial charge in [0.2, 0.25) is 17.7 Å². The molecule has 0 aliphatic rings. The lowest BCUT2D eigenvalue weighted by Gasteiger charge is -2.27. The maximum absolute atomic E-state index is 12.7. The molecule has 0 saturated carbocycles. The van der Waals surface area contributed by atoms with E-state index in [2.05, 4.69) is 16.0 Å². The van der Waals surface area contributed by atoms with Gasteiger partial charge in [0.1, 0.15) is 18.1 Å². The van der Waals surface area contributed by atoms with Gasteiger partial charge in [-0.3, -0.25) is 14.4 Å². The quantitative estimate of drug-likeness (QED) is 0.202. The second-order valence-corrected chi connectivity index (χ2v) is 8.55. The summed E-state index contributed by atoms with van der Waals surface area (Å²) in [6.07, 6.45) is 2.61. The highest BCUT2D eigenvalue weighted by Gasteiger charge is 2.32. The van der Waals surface area contributed by atoms with Crippen LogP contribution in [0.5, 0.6) is 0 Å². The number of amides is 3. The Balaban J connectivity index is 5.29. The molecule has 5 unspecified atom stereocenters. The lowest BCUT2D eigenvalue weighted by atomic mass is 9.97. The van der Waals surface area contributed by atoms with Crippen LogP contribution in [0.2, 0.25) is 0 Å². The van der Waals surface area contributed by atoms with E-state index in [4.69, 9.17) is 5.73 Å². The second-order valence-electron chi connectivity index (χ2n) is 7.57. The van der Waals surface area contributed by atoms with Crippen molar-refractivity contribution in [2.24, 2.45) is 17.6 Å². The Morgan fingerprint density at radius 3 is 1.97 bits per heavy atom. The van der Waals surface area contributed by atoms with Gasteiger partial charge in [0.15, 0.2) is 0 Å². The molecule has 0 rings (SSSR count). The van der Waals surface area contributed by atoms with E-state index in [-0.39, 0.29) is 18.3 Å². The average Bonchev–Trinajstić information content (AvgIpc) is 2.70. The first-order chi connectivity index (χ1) is 14.0. The fraction of sp³-hybridized carbons (Fsp3) is 0.789. The zero-order chi connectivity index (χ0) is 23.4. The molecule has 30 heavy (non-hydrogen) atoms. The molecular weight excluding hydrogens is 412 g/mol. The zero-order valence-corrected chi connectivity index (χ0v) is 19.1. The number of thioether (sulfide) groups is 1. The van der Waals surface area contributed by atoms with Crippen molar-refractivity contribution in [2.45, 2.75) is 64.7 Å². The third-order valence-electron chi connectivity index (χ3n) is 4.85. The predicted molar refractivity (Wildman–Crippen MR) is 116 cm³/mol. The Morgan fingerprint density at radius 2 is 1.53 bits per heavy atom. The van der Waals surface area contributed by atoms with Gasteiger partial charge in [-0.2, -0.15) is 11.8 Å². The molecule has 5 atom stereocenters. The highest BCUT2D eigenvalue weighted by molar-refractivity contribution is 7.98. The number of nitrogens with one attached hydrogen (secondary N) is 3. The normalized spacial score (nSPS) is 16.1. The van der Waals surface area contributed by atoms with Gasteiger partial charge in [-0.15, -0.1) is 0 Å². The Kier molecular flexibility index (Phi) is 13.3. The first-order valence-corrected chi connectivity index (χ1v) is 11.4. The van der Waals surface area contributed by atoms with E-state index in [1.807, 2.05) is 13.2 Å². The molecule has 0 aliphatic heterocycles. The van der Waals surface area contributed by atoms with Crippen molar-refractivity contribution in [2.75, 3.05) is 18.6 Å². The van der Waals surface area contributed by atoms with Crippen LogP contribution in [0.25, 0.3) is 0 Å². The number of carbonyl (C=O) groups excluding carboxylic acids is 3. The Bertz CT molecular complexity index is 589. The summed E-state index contributed by atoms with van der Waals surface area (Å²) in [5, 5.41) is 26.2. The van der Waals surface area contributed by atoms with Crippen LogP contribution in [0, 0.1) is 11.8 Å². The molecule has 10 nitrogen and oxygen atoms in total. The highest BCUT2D eigenvalue weighted by atomic mass is 32.2. The summed E-state index contributed by atoms with van der Waals surface area (Å²) in [4.78, 5) is 48.9. The third-order valence-corrected chi connectivity index (χ3v) is 5.50. The van der Waals surface area contributed by atoms with Crippen LogP contribution in [-0.2, 0) is 19.2 Å².